The van der Waals surface area contributed by atoms with Gasteiger partial charge in [0, 0.05) is 11.1 Å². The summed E-state index contributed by atoms with van der Waals surface area (Å²) in [6, 6.07) is 14.3. The molecule has 0 fully saturated rings. The first kappa shape index (κ1) is 13.7. The normalized spacial score (nSPS) is 11.3. The Hall–Kier alpha value is -2.95. The highest BCUT2D eigenvalue weighted by Gasteiger charge is 2.12. The summed E-state index contributed by atoms with van der Waals surface area (Å²) in [7, 11) is 0. The molecule has 1 N–H and O–H groups in total. The van der Waals surface area contributed by atoms with Crippen LogP contribution in [0.4, 0.5) is 11.6 Å². The Balaban J connectivity index is 1.93. The van der Waals surface area contributed by atoms with Gasteiger partial charge in [0.15, 0.2) is 5.65 Å². The molecule has 2 aromatic heterocycles. The number of anilines is 2. The third kappa shape index (κ3) is 2.21. The Morgan fingerprint density at radius 2 is 1.74 bits per heavy atom. The molecule has 0 unspecified atom stereocenters. The van der Waals surface area contributed by atoms with E-state index in [1.54, 1.807) is 0 Å². The van der Waals surface area contributed by atoms with Crippen LogP contribution >= 0.6 is 0 Å². The summed E-state index contributed by atoms with van der Waals surface area (Å²) in [4.78, 5) is 4.76. The minimum atomic E-state index is 0.726. The topological polar surface area (TPSA) is 55.1 Å². The number of benzene rings is 2. The monoisotopic (exact) mass is 303 g/mol. The van der Waals surface area contributed by atoms with Gasteiger partial charge in [-0.1, -0.05) is 18.2 Å². The standard InChI is InChI=1S/C18H17N5/c1-11-8-9-14(10-12(11)2)19-18-20-16-7-5-4-6-15(16)17-22-21-13(3)23(17)18/h4-10H,1-3H3,(H,19,20). The van der Waals surface area contributed by atoms with Crippen molar-refractivity contribution in [3.63, 3.8) is 0 Å². The van der Waals surface area contributed by atoms with Crippen LogP contribution in [-0.2, 0) is 0 Å². The van der Waals surface area contributed by atoms with Gasteiger partial charge >= 0.3 is 0 Å². The van der Waals surface area contributed by atoms with Gasteiger partial charge in [-0.15, -0.1) is 10.2 Å². The molecule has 0 saturated carbocycles. The van der Waals surface area contributed by atoms with E-state index in [2.05, 4.69) is 47.6 Å². The molecule has 0 radical (unpaired) electrons. The van der Waals surface area contributed by atoms with Crippen molar-refractivity contribution in [3.8, 4) is 0 Å². The Morgan fingerprint density at radius 1 is 0.913 bits per heavy atom. The largest absolute Gasteiger partial charge is 0.325 e. The van der Waals surface area contributed by atoms with Crippen LogP contribution in [-0.4, -0.2) is 19.6 Å². The lowest BCUT2D eigenvalue weighted by Gasteiger charge is -2.11. The highest BCUT2D eigenvalue weighted by Crippen LogP contribution is 2.24. The van der Waals surface area contributed by atoms with Crippen LogP contribution in [0.5, 0.6) is 0 Å². The van der Waals surface area contributed by atoms with Crippen LogP contribution < -0.4 is 5.32 Å². The Kier molecular flexibility index (Phi) is 3.01. The number of hydrogen-bond donors (Lipinski definition) is 1. The molecule has 0 amide bonds. The van der Waals surface area contributed by atoms with Crippen molar-refractivity contribution < 1.29 is 0 Å². The summed E-state index contributed by atoms with van der Waals surface area (Å²) >= 11 is 0. The van der Waals surface area contributed by atoms with Gasteiger partial charge in [0.2, 0.25) is 5.95 Å². The van der Waals surface area contributed by atoms with Crippen LogP contribution in [0.3, 0.4) is 0 Å². The van der Waals surface area contributed by atoms with E-state index >= 15 is 0 Å². The molecule has 2 aromatic carbocycles. The molecule has 2 heterocycles. The van der Waals surface area contributed by atoms with Crippen LogP contribution in [0, 0.1) is 20.8 Å². The van der Waals surface area contributed by atoms with Crippen LogP contribution in [0.25, 0.3) is 16.6 Å². The number of fused-ring (bicyclic) bond motifs is 3. The summed E-state index contributed by atoms with van der Waals surface area (Å²) < 4.78 is 1.96. The number of aryl methyl sites for hydroxylation is 3. The van der Waals surface area contributed by atoms with Crippen molar-refractivity contribution in [2.75, 3.05) is 5.32 Å². The molecule has 0 aliphatic carbocycles. The van der Waals surface area contributed by atoms with Crippen molar-refractivity contribution in [1.82, 2.24) is 19.6 Å². The van der Waals surface area contributed by atoms with E-state index in [1.165, 1.54) is 11.1 Å². The van der Waals surface area contributed by atoms with Crippen molar-refractivity contribution in [2.24, 2.45) is 0 Å². The van der Waals surface area contributed by atoms with Crippen LogP contribution in [0.1, 0.15) is 17.0 Å². The molecule has 5 nitrogen and oxygen atoms in total. The molecule has 0 saturated heterocycles. The molecule has 0 aliphatic rings. The minimum Gasteiger partial charge on any atom is -0.325 e. The fraction of sp³-hybridized carbons (Fsp3) is 0.167. The van der Waals surface area contributed by atoms with Crippen molar-refractivity contribution in [1.29, 1.82) is 0 Å². The number of rotatable bonds is 2. The van der Waals surface area contributed by atoms with Gasteiger partial charge in [0.25, 0.3) is 0 Å². The van der Waals surface area contributed by atoms with E-state index in [1.807, 2.05) is 35.6 Å². The second kappa shape index (κ2) is 5.05. The lowest BCUT2D eigenvalue weighted by atomic mass is 10.1. The zero-order valence-electron chi connectivity index (χ0n) is 13.3. The number of nitrogens with one attached hydrogen (secondary N) is 1. The summed E-state index contributed by atoms with van der Waals surface area (Å²) in [5, 5.41) is 12.9. The highest BCUT2D eigenvalue weighted by atomic mass is 15.3. The van der Waals surface area contributed by atoms with Gasteiger partial charge < -0.3 is 5.32 Å². The number of nitrogens with zero attached hydrogens (tertiary/aromatic N) is 4. The van der Waals surface area contributed by atoms with E-state index in [-0.39, 0.29) is 0 Å². The van der Waals surface area contributed by atoms with E-state index in [9.17, 15) is 0 Å². The number of aromatic nitrogens is 4. The SMILES string of the molecule is Cc1ccc(Nc2nc3ccccc3c3nnc(C)n23)cc1C. The molecule has 5 heteroatoms. The maximum Gasteiger partial charge on any atom is 0.215 e. The average molecular weight is 303 g/mol. The summed E-state index contributed by atoms with van der Waals surface area (Å²) in [5.41, 5.74) is 5.24. The van der Waals surface area contributed by atoms with Gasteiger partial charge in [0.05, 0.1) is 5.52 Å². The molecule has 0 bridgehead atoms. The Morgan fingerprint density at radius 3 is 2.57 bits per heavy atom. The van der Waals surface area contributed by atoms with Gasteiger partial charge in [-0.25, -0.2) is 9.38 Å². The second-order valence-corrected chi connectivity index (χ2v) is 5.78. The molecule has 4 aromatic rings. The Bertz CT molecular complexity index is 1030. The molecule has 0 atom stereocenters. The third-order valence-corrected chi connectivity index (χ3v) is 4.17. The smallest absolute Gasteiger partial charge is 0.215 e. The van der Waals surface area contributed by atoms with E-state index < -0.39 is 0 Å². The molecule has 23 heavy (non-hydrogen) atoms. The molecule has 0 aliphatic heterocycles. The summed E-state index contributed by atoms with van der Waals surface area (Å²) in [5.74, 6) is 1.54. The minimum absolute atomic E-state index is 0.726. The predicted octanol–water partition coefficient (Wildman–Crippen LogP) is 3.95. The van der Waals surface area contributed by atoms with Crippen molar-refractivity contribution in [2.45, 2.75) is 20.8 Å². The van der Waals surface area contributed by atoms with Crippen molar-refractivity contribution >= 4 is 28.2 Å². The van der Waals surface area contributed by atoms with Crippen LogP contribution in [0.15, 0.2) is 42.5 Å². The fourth-order valence-corrected chi connectivity index (χ4v) is 2.75. The maximum atomic E-state index is 4.76. The fourth-order valence-electron chi connectivity index (χ4n) is 2.75. The quantitative estimate of drug-likeness (QED) is 0.609. The van der Waals surface area contributed by atoms with Gasteiger partial charge in [-0.2, -0.15) is 0 Å². The van der Waals surface area contributed by atoms with Gasteiger partial charge in [-0.05, 0) is 56.2 Å². The molecule has 4 rings (SSSR count). The highest BCUT2D eigenvalue weighted by molar-refractivity contribution is 5.92. The third-order valence-electron chi connectivity index (χ3n) is 4.17. The van der Waals surface area contributed by atoms with Crippen molar-refractivity contribution in [3.05, 3.63) is 59.4 Å². The number of para-hydroxylation sites is 1. The summed E-state index contributed by atoms with van der Waals surface area (Å²) in [6.07, 6.45) is 0. The first-order chi connectivity index (χ1) is 11.1. The predicted molar refractivity (Wildman–Crippen MR) is 92.2 cm³/mol. The molecule has 114 valence electrons. The second-order valence-electron chi connectivity index (χ2n) is 5.78. The van der Waals surface area contributed by atoms with E-state index in [4.69, 9.17) is 4.98 Å². The first-order valence-corrected chi connectivity index (χ1v) is 7.58. The van der Waals surface area contributed by atoms with Gasteiger partial charge in [0.1, 0.15) is 5.82 Å². The number of hydrogen-bond acceptors (Lipinski definition) is 4. The van der Waals surface area contributed by atoms with Gasteiger partial charge in [-0.3, -0.25) is 0 Å². The lowest BCUT2D eigenvalue weighted by molar-refractivity contribution is 0.995. The average Bonchev–Trinajstić information content (AvgIpc) is 2.94. The van der Waals surface area contributed by atoms with E-state index in [0.717, 1.165) is 34.0 Å². The van der Waals surface area contributed by atoms with Crippen LogP contribution in [0.2, 0.25) is 0 Å². The molecule has 0 spiro atoms. The van der Waals surface area contributed by atoms with E-state index in [0.29, 0.717) is 0 Å². The Labute approximate surface area is 134 Å². The zero-order chi connectivity index (χ0) is 16.0. The lowest BCUT2D eigenvalue weighted by Crippen LogP contribution is -2.04. The first-order valence-electron chi connectivity index (χ1n) is 7.58. The maximum absolute atomic E-state index is 4.76. The summed E-state index contributed by atoms with van der Waals surface area (Å²) in [6.45, 7) is 6.14. The zero-order valence-corrected chi connectivity index (χ0v) is 13.3. The molecular weight excluding hydrogens is 286 g/mol. The molecular formula is C18H17N5.